The average Bonchev–Trinajstić information content (AvgIpc) is 2.09. The van der Waals surface area contributed by atoms with Gasteiger partial charge in [0.1, 0.15) is 0 Å². The van der Waals surface area contributed by atoms with Crippen LogP contribution in [0, 0.1) is 5.41 Å². The lowest BCUT2D eigenvalue weighted by Crippen LogP contribution is -2.38. The smallest absolute Gasteiger partial charge is 0.209 e. The molecule has 1 heterocycles. The van der Waals surface area contributed by atoms with Gasteiger partial charge in [-0.15, -0.1) is 0 Å². The van der Waals surface area contributed by atoms with Gasteiger partial charge in [-0.25, -0.2) is 13.6 Å². The van der Waals surface area contributed by atoms with Gasteiger partial charge in [0.25, 0.3) is 0 Å². The van der Waals surface area contributed by atoms with Gasteiger partial charge < -0.3 is 9.47 Å². The molecule has 0 bridgehead atoms. The van der Waals surface area contributed by atoms with Crippen molar-refractivity contribution in [2.45, 2.75) is 58.8 Å². The highest BCUT2D eigenvalue weighted by Gasteiger charge is 2.29. The standard InChI is InChI=1S/C12H25NO4S/c1-9-5-11(6-10(2)17-9)16-7-12(3,4)8-18(13,14)15/h9-11H,5-8H2,1-4H3,(H2,13,14,15). The fraction of sp³-hybridized carbons (Fsp3) is 1.00. The quantitative estimate of drug-likeness (QED) is 0.822. The fourth-order valence-electron chi connectivity index (χ4n) is 2.41. The van der Waals surface area contributed by atoms with Gasteiger partial charge in [-0.3, -0.25) is 0 Å². The van der Waals surface area contributed by atoms with Crippen LogP contribution in [0.15, 0.2) is 0 Å². The lowest BCUT2D eigenvalue weighted by atomic mass is 9.97. The van der Waals surface area contributed by atoms with Crippen molar-refractivity contribution >= 4 is 10.0 Å². The Bertz CT molecular complexity index is 356. The molecule has 18 heavy (non-hydrogen) atoms. The van der Waals surface area contributed by atoms with E-state index < -0.39 is 15.4 Å². The molecule has 1 saturated heterocycles. The molecule has 0 aromatic rings. The van der Waals surface area contributed by atoms with Crippen LogP contribution in [-0.2, 0) is 19.5 Å². The summed E-state index contributed by atoms with van der Waals surface area (Å²) in [5.74, 6) is -0.0612. The van der Waals surface area contributed by atoms with Crippen molar-refractivity contribution in [3.05, 3.63) is 0 Å². The van der Waals surface area contributed by atoms with E-state index in [2.05, 4.69) is 0 Å². The molecule has 108 valence electrons. The van der Waals surface area contributed by atoms with E-state index in [0.29, 0.717) is 6.61 Å². The van der Waals surface area contributed by atoms with Gasteiger partial charge >= 0.3 is 0 Å². The maximum absolute atomic E-state index is 11.1. The number of ether oxygens (including phenoxy) is 2. The van der Waals surface area contributed by atoms with Gasteiger partial charge in [-0.1, -0.05) is 13.8 Å². The highest BCUT2D eigenvalue weighted by Crippen LogP contribution is 2.25. The first-order chi connectivity index (χ1) is 8.07. The molecule has 2 N–H and O–H groups in total. The number of nitrogens with two attached hydrogens (primary N) is 1. The van der Waals surface area contributed by atoms with Crippen molar-refractivity contribution in [3.63, 3.8) is 0 Å². The van der Waals surface area contributed by atoms with E-state index in [1.807, 2.05) is 27.7 Å². The summed E-state index contributed by atoms with van der Waals surface area (Å²) < 4.78 is 33.7. The summed E-state index contributed by atoms with van der Waals surface area (Å²) in [6.45, 7) is 8.16. The molecule has 1 rings (SSSR count). The topological polar surface area (TPSA) is 78.6 Å². The first-order valence-corrected chi connectivity index (χ1v) is 8.06. The van der Waals surface area contributed by atoms with Crippen molar-refractivity contribution < 1.29 is 17.9 Å². The van der Waals surface area contributed by atoms with E-state index in [1.165, 1.54) is 0 Å². The summed E-state index contributed by atoms with van der Waals surface area (Å²) in [5.41, 5.74) is -0.460. The van der Waals surface area contributed by atoms with Gasteiger partial charge in [0.15, 0.2) is 0 Å². The molecule has 0 aromatic heterocycles. The highest BCUT2D eigenvalue weighted by atomic mass is 32.2. The van der Waals surface area contributed by atoms with Crippen molar-refractivity contribution in [3.8, 4) is 0 Å². The minimum Gasteiger partial charge on any atom is -0.377 e. The van der Waals surface area contributed by atoms with Crippen molar-refractivity contribution in [1.82, 2.24) is 0 Å². The van der Waals surface area contributed by atoms with Crippen LogP contribution in [0.1, 0.15) is 40.5 Å². The lowest BCUT2D eigenvalue weighted by Gasteiger charge is -2.34. The molecule has 0 spiro atoms. The summed E-state index contributed by atoms with van der Waals surface area (Å²) in [6, 6.07) is 0. The Kier molecular flexibility index (Phi) is 5.17. The second-order valence-corrected chi connectivity index (χ2v) is 7.75. The monoisotopic (exact) mass is 279 g/mol. The first-order valence-electron chi connectivity index (χ1n) is 6.35. The van der Waals surface area contributed by atoms with Gasteiger partial charge in [0.05, 0.1) is 30.7 Å². The Hall–Kier alpha value is -0.170. The van der Waals surface area contributed by atoms with E-state index >= 15 is 0 Å². The number of sulfonamides is 1. The Balaban J connectivity index is 2.44. The van der Waals surface area contributed by atoms with E-state index in [4.69, 9.17) is 14.6 Å². The minimum atomic E-state index is -3.46. The van der Waals surface area contributed by atoms with E-state index in [1.54, 1.807) is 0 Å². The van der Waals surface area contributed by atoms with Gasteiger partial charge in [-0.05, 0) is 26.7 Å². The fourth-order valence-corrected chi connectivity index (χ4v) is 3.58. The number of hydrogen-bond donors (Lipinski definition) is 1. The molecular formula is C12H25NO4S. The maximum Gasteiger partial charge on any atom is 0.209 e. The Morgan fingerprint density at radius 2 is 1.78 bits per heavy atom. The molecule has 0 radical (unpaired) electrons. The van der Waals surface area contributed by atoms with Crippen LogP contribution in [0.25, 0.3) is 0 Å². The summed E-state index contributed by atoms with van der Waals surface area (Å²) >= 11 is 0. The number of primary sulfonamides is 1. The van der Waals surface area contributed by atoms with E-state index in [0.717, 1.165) is 12.8 Å². The zero-order valence-corrected chi connectivity index (χ0v) is 12.5. The Morgan fingerprint density at radius 3 is 2.22 bits per heavy atom. The van der Waals surface area contributed by atoms with Crippen molar-refractivity contribution in [2.75, 3.05) is 12.4 Å². The van der Waals surface area contributed by atoms with Crippen LogP contribution in [0.4, 0.5) is 0 Å². The van der Waals surface area contributed by atoms with Crippen LogP contribution in [0.5, 0.6) is 0 Å². The van der Waals surface area contributed by atoms with Crippen LogP contribution < -0.4 is 5.14 Å². The highest BCUT2D eigenvalue weighted by molar-refractivity contribution is 7.89. The van der Waals surface area contributed by atoms with Crippen LogP contribution in [0.3, 0.4) is 0 Å². The largest absolute Gasteiger partial charge is 0.377 e. The second kappa shape index (κ2) is 5.86. The van der Waals surface area contributed by atoms with Crippen LogP contribution in [0.2, 0.25) is 0 Å². The van der Waals surface area contributed by atoms with Crippen molar-refractivity contribution in [2.24, 2.45) is 10.6 Å². The summed E-state index contributed by atoms with van der Waals surface area (Å²) in [6.07, 6.45) is 2.25. The predicted molar refractivity (Wildman–Crippen MR) is 70.7 cm³/mol. The summed E-state index contributed by atoms with van der Waals surface area (Å²) in [4.78, 5) is 0. The molecule has 1 aliphatic heterocycles. The van der Waals surface area contributed by atoms with E-state index in [9.17, 15) is 8.42 Å². The molecule has 1 aliphatic rings. The van der Waals surface area contributed by atoms with Gasteiger partial charge in [0, 0.05) is 5.41 Å². The Morgan fingerprint density at radius 1 is 1.28 bits per heavy atom. The third kappa shape index (κ3) is 6.13. The minimum absolute atomic E-state index is 0.0612. The molecule has 1 fully saturated rings. The summed E-state index contributed by atoms with van der Waals surface area (Å²) in [5, 5.41) is 5.07. The van der Waals surface area contributed by atoms with Crippen LogP contribution >= 0.6 is 0 Å². The predicted octanol–water partition coefficient (Wildman–Crippen LogP) is 1.27. The zero-order chi connectivity index (χ0) is 14.0. The Labute approximate surface area is 110 Å². The molecule has 0 saturated carbocycles. The zero-order valence-electron chi connectivity index (χ0n) is 11.7. The number of rotatable bonds is 5. The lowest BCUT2D eigenvalue weighted by molar-refractivity contribution is -0.111. The molecule has 6 heteroatoms. The SMILES string of the molecule is CC1CC(OCC(C)(C)CS(N)(=O)=O)CC(C)O1. The molecule has 2 unspecified atom stereocenters. The molecule has 0 aromatic carbocycles. The molecular weight excluding hydrogens is 254 g/mol. The van der Waals surface area contributed by atoms with Crippen LogP contribution in [-0.4, -0.2) is 39.1 Å². The first kappa shape index (κ1) is 15.9. The van der Waals surface area contributed by atoms with Gasteiger partial charge in [-0.2, -0.15) is 0 Å². The third-order valence-electron chi connectivity index (χ3n) is 2.96. The normalized spacial score (nSPS) is 30.4. The van der Waals surface area contributed by atoms with Gasteiger partial charge in [0.2, 0.25) is 10.0 Å². The second-order valence-electron chi connectivity index (χ2n) is 6.13. The molecule has 0 amide bonds. The maximum atomic E-state index is 11.1. The van der Waals surface area contributed by atoms with E-state index in [-0.39, 0.29) is 24.1 Å². The number of hydrogen-bond acceptors (Lipinski definition) is 4. The third-order valence-corrected chi connectivity index (χ3v) is 4.14. The molecule has 0 aliphatic carbocycles. The summed E-state index contributed by atoms with van der Waals surface area (Å²) in [7, 11) is -3.46. The van der Waals surface area contributed by atoms with Crippen molar-refractivity contribution in [1.29, 1.82) is 0 Å². The average molecular weight is 279 g/mol. The molecule has 2 atom stereocenters. The molecule has 5 nitrogen and oxygen atoms in total.